The molecule has 0 fully saturated rings. The SMILES string of the molecule is CC.CCc1nc(Br)no1. The van der Waals surface area contributed by atoms with Crippen LogP contribution < -0.4 is 0 Å². The van der Waals surface area contributed by atoms with Crippen LogP contribution >= 0.6 is 15.9 Å². The smallest absolute Gasteiger partial charge is 0.238 e. The molecule has 58 valence electrons. The number of aromatic nitrogens is 2. The summed E-state index contributed by atoms with van der Waals surface area (Å²) in [6.07, 6.45) is 0.790. The predicted molar refractivity (Wildman–Crippen MR) is 42.7 cm³/mol. The Kier molecular flexibility index (Phi) is 5.20. The summed E-state index contributed by atoms with van der Waals surface area (Å²) in [6.45, 7) is 5.96. The van der Waals surface area contributed by atoms with Crippen molar-refractivity contribution >= 4 is 15.9 Å². The Morgan fingerprint density at radius 2 is 2.10 bits per heavy atom. The molecule has 0 N–H and O–H groups in total. The Hall–Kier alpha value is -0.380. The topological polar surface area (TPSA) is 38.9 Å². The van der Waals surface area contributed by atoms with Gasteiger partial charge in [0.15, 0.2) is 0 Å². The molecule has 1 aromatic rings. The van der Waals surface area contributed by atoms with E-state index in [0.717, 1.165) is 6.42 Å². The molecule has 0 amide bonds. The van der Waals surface area contributed by atoms with Gasteiger partial charge in [-0.05, 0) is 21.1 Å². The molecule has 10 heavy (non-hydrogen) atoms. The molecule has 0 aliphatic heterocycles. The van der Waals surface area contributed by atoms with Gasteiger partial charge in [-0.2, -0.15) is 4.98 Å². The standard InChI is InChI=1S/C4H5BrN2O.C2H6/c1-2-3-6-4(5)7-8-3;1-2/h2H2,1H3;1-2H3. The maximum atomic E-state index is 4.71. The highest BCUT2D eigenvalue weighted by atomic mass is 79.9. The Labute approximate surface area is 68.9 Å². The van der Waals surface area contributed by atoms with Gasteiger partial charge in [-0.15, -0.1) is 0 Å². The molecule has 0 saturated carbocycles. The Balaban J connectivity index is 0.000000371. The van der Waals surface area contributed by atoms with Gasteiger partial charge in [0.2, 0.25) is 10.6 Å². The Bertz CT molecular complexity index is 176. The van der Waals surface area contributed by atoms with Gasteiger partial charge in [0.05, 0.1) is 0 Å². The zero-order chi connectivity index (χ0) is 7.98. The summed E-state index contributed by atoms with van der Waals surface area (Å²) in [7, 11) is 0. The van der Waals surface area contributed by atoms with Crippen molar-refractivity contribution in [2.45, 2.75) is 27.2 Å². The zero-order valence-corrected chi connectivity index (χ0v) is 7.97. The number of nitrogens with zero attached hydrogens (tertiary/aromatic N) is 2. The van der Waals surface area contributed by atoms with E-state index >= 15 is 0 Å². The molecule has 0 aromatic carbocycles. The highest BCUT2D eigenvalue weighted by Gasteiger charge is 1.96. The lowest BCUT2D eigenvalue weighted by molar-refractivity contribution is 0.379. The maximum Gasteiger partial charge on any atom is 0.238 e. The van der Waals surface area contributed by atoms with Gasteiger partial charge in [0.1, 0.15) is 0 Å². The minimum atomic E-state index is 0.523. The lowest BCUT2D eigenvalue weighted by atomic mass is 10.5. The van der Waals surface area contributed by atoms with E-state index in [1.165, 1.54) is 0 Å². The third kappa shape index (κ3) is 2.96. The summed E-state index contributed by atoms with van der Waals surface area (Å²) < 4.78 is 5.23. The van der Waals surface area contributed by atoms with Crippen LogP contribution in [0.3, 0.4) is 0 Å². The molecule has 0 atom stereocenters. The van der Waals surface area contributed by atoms with E-state index in [4.69, 9.17) is 4.52 Å². The van der Waals surface area contributed by atoms with Crippen LogP contribution in [0.25, 0.3) is 0 Å². The first-order valence-electron chi connectivity index (χ1n) is 3.31. The third-order valence-corrected chi connectivity index (χ3v) is 1.07. The van der Waals surface area contributed by atoms with E-state index < -0.39 is 0 Å². The molecule has 0 unspecified atom stereocenters. The summed E-state index contributed by atoms with van der Waals surface area (Å²) in [4.78, 5) is 3.87. The lowest BCUT2D eigenvalue weighted by Crippen LogP contribution is -1.74. The van der Waals surface area contributed by atoms with E-state index in [9.17, 15) is 0 Å². The van der Waals surface area contributed by atoms with Crippen molar-refractivity contribution in [1.29, 1.82) is 0 Å². The van der Waals surface area contributed by atoms with Crippen molar-refractivity contribution in [3.63, 3.8) is 0 Å². The molecule has 1 rings (SSSR count). The van der Waals surface area contributed by atoms with Crippen LogP contribution in [0, 0.1) is 0 Å². The van der Waals surface area contributed by atoms with Crippen molar-refractivity contribution < 1.29 is 4.52 Å². The van der Waals surface area contributed by atoms with Crippen molar-refractivity contribution in [2.24, 2.45) is 0 Å². The van der Waals surface area contributed by atoms with Crippen LogP contribution in [-0.4, -0.2) is 10.1 Å². The van der Waals surface area contributed by atoms with Crippen molar-refractivity contribution in [2.75, 3.05) is 0 Å². The van der Waals surface area contributed by atoms with Crippen LogP contribution in [0.5, 0.6) is 0 Å². The Morgan fingerprint density at radius 3 is 2.30 bits per heavy atom. The molecule has 0 saturated heterocycles. The van der Waals surface area contributed by atoms with Crippen molar-refractivity contribution in [1.82, 2.24) is 10.1 Å². The molecule has 0 radical (unpaired) electrons. The second-order valence-corrected chi connectivity index (χ2v) is 2.02. The van der Waals surface area contributed by atoms with Gasteiger partial charge in [-0.1, -0.05) is 20.8 Å². The highest BCUT2D eigenvalue weighted by molar-refractivity contribution is 9.10. The van der Waals surface area contributed by atoms with E-state index in [2.05, 4.69) is 26.1 Å². The monoisotopic (exact) mass is 206 g/mol. The molecule has 0 spiro atoms. The van der Waals surface area contributed by atoms with Crippen molar-refractivity contribution in [3.05, 3.63) is 10.6 Å². The molecule has 4 heteroatoms. The van der Waals surface area contributed by atoms with Crippen molar-refractivity contribution in [3.8, 4) is 0 Å². The van der Waals surface area contributed by atoms with E-state index in [1.54, 1.807) is 0 Å². The van der Waals surface area contributed by atoms with Crippen LogP contribution in [0.15, 0.2) is 9.26 Å². The molecular formula is C6H11BrN2O. The normalized spacial score (nSPS) is 8.40. The summed E-state index contributed by atoms with van der Waals surface area (Å²) >= 11 is 3.06. The fraction of sp³-hybridized carbons (Fsp3) is 0.667. The first-order chi connectivity index (χ1) is 4.83. The Morgan fingerprint density at radius 1 is 1.50 bits per heavy atom. The first kappa shape index (κ1) is 9.62. The molecule has 0 aliphatic rings. The van der Waals surface area contributed by atoms with Crippen LogP contribution in [-0.2, 0) is 6.42 Å². The minimum absolute atomic E-state index is 0.523. The average molecular weight is 207 g/mol. The lowest BCUT2D eigenvalue weighted by Gasteiger charge is -1.74. The first-order valence-corrected chi connectivity index (χ1v) is 4.10. The molecule has 1 heterocycles. The minimum Gasteiger partial charge on any atom is -0.338 e. The number of hydrogen-bond donors (Lipinski definition) is 0. The predicted octanol–water partition coefficient (Wildman–Crippen LogP) is 2.42. The van der Waals surface area contributed by atoms with Crippen LogP contribution in [0.4, 0.5) is 0 Å². The van der Waals surface area contributed by atoms with Crippen LogP contribution in [0.1, 0.15) is 26.7 Å². The molecule has 3 nitrogen and oxygen atoms in total. The number of hydrogen-bond acceptors (Lipinski definition) is 3. The fourth-order valence-corrected chi connectivity index (χ4v) is 0.648. The summed E-state index contributed by atoms with van der Waals surface area (Å²) in [5.41, 5.74) is 0. The summed E-state index contributed by atoms with van der Waals surface area (Å²) in [5, 5.41) is 3.52. The second-order valence-electron chi connectivity index (χ2n) is 1.31. The summed E-state index contributed by atoms with van der Waals surface area (Å²) in [5.74, 6) is 0.664. The second kappa shape index (κ2) is 5.41. The highest BCUT2D eigenvalue weighted by Crippen LogP contribution is 2.02. The molecule has 1 aromatic heterocycles. The van der Waals surface area contributed by atoms with Gasteiger partial charge < -0.3 is 4.52 Å². The van der Waals surface area contributed by atoms with E-state index in [1.807, 2.05) is 20.8 Å². The molecule has 0 bridgehead atoms. The summed E-state index contributed by atoms with van der Waals surface area (Å²) in [6, 6.07) is 0. The largest absolute Gasteiger partial charge is 0.338 e. The number of rotatable bonds is 1. The fourth-order valence-electron chi connectivity index (χ4n) is 0.378. The van der Waals surface area contributed by atoms with Gasteiger partial charge in [-0.25, -0.2) is 0 Å². The number of aryl methyl sites for hydroxylation is 1. The third-order valence-electron chi connectivity index (χ3n) is 0.746. The molecule has 0 aliphatic carbocycles. The maximum absolute atomic E-state index is 4.71. The van der Waals surface area contributed by atoms with E-state index in [0.29, 0.717) is 10.6 Å². The van der Waals surface area contributed by atoms with Gasteiger partial charge >= 0.3 is 0 Å². The van der Waals surface area contributed by atoms with Gasteiger partial charge in [0.25, 0.3) is 0 Å². The van der Waals surface area contributed by atoms with E-state index in [-0.39, 0.29) is 0 Å². The zero-order valence-electron chi connectivity index (χ0n) is 6.39. The molecular weight excluding hydrogens is 196 g/mol. The van der Waals surface area contributed by atoms with Gasteiger partial charge in [-0.3, -0.25) is 0 Å². The number of halogens is 1. The average Bonchev–Trinajstić information content (AvgIpc) is 2.40. The quantitative estimate of drug-likeness (QED) is 0.709. The van der Waals surface area contributed by atoms with Crippen LogP contribution in [0.2, 0.25) is 0 Å². The van der Waals surface area contributed by atoms with Gasteiger partial charge in [0, 0.05) is 6.42 Å².